The molecule has 9 heteroatoms. The summed E-state index contributed by atoms with van der Waals surface area (Å²) < 4.78 is 1.59. The van der Waals surface area contributed by atoms with Crippen molar-refractivity contribution in [3.05, 3.63) is 47.0 Å². The van der Waals surface area contributed by atoms with Crippen molar-refractivity contribution in [3.8, 4) is 11.3 Å². The highest BCUT2D eigenvalue weighted by Crippen LogP contribution is 2.29. The Labute approximate surface area is 154 Å². The number of aryl methyl sites for hydroxylation is 1. The molecule has 134 valence electrons. The molecule has 2 N–H and O–H groups in total. The van der Waals surface area contributed by atoms with Crippen LogP contribution in [0.15, 0.2) is 42.0 Å². The summed E-state index contributed by atoms with van der Waals surface area (Å²) >= 11 is 1.57. The van der Waals surface area contributed by atoms with E-state index in [2.05, 4.69) is 20.6 Å². The molecule has 8 nitrogen and oxygen atoms in total. The zero-order valence-corrected chi connectivity index (χ0v) is 14.9. The van der Waals surface area contributed by atoms with Crippen LogP contribution >= 0.6 is 11.3 Å². The molecule has 1 aliphatic rings. The van der Waals surface area contributed by atoms with E-state index in [1.807, 2.05) is 36.6 Å². The first-order valence-corrected chi connectivity index (χ1v) is 9.11. The standard InChI is InChI=1S/C17H18N6O2S/c1-11-19-14(10-26-11)12-4-2-3-5-13(12)20-17(25)22-8-15(16(24)9-22)23-7-6-18-21-23/h2-7,10,15-16,24H,8-9H2,1H3,(H,20,25)/t15-,16-/m1/s1. The van der Waals surface area contributed by atoms with Gasteiger partial charge in [0.25, 0.3) is 0 Å². The van der Waals surface area contributed by atoms with Crippen LogP contribution in [0.25, 0.3) is 11.3 Å². The molecule has 4 rings (SSSR count). The fourth-order valence-corrected chi connectivity index (χ4v) is 3.70. The van der Waals surface area contributed by atoms with E-state index in [9.17, 15) is 9.90 Å². The molecular weight excluding hydrogens is 352 g/mol. The van der Waals surface area contributed by atoms with Crippen LogP contribution in [0, 0.1) is 6.92 Å². The molecule has 0 radical (unpaired) electrons. The van der Waals surface area contributed by atoms with Gasteiger partial charge in [-0.3, -0.25) is 0 Å². The van der Waals surface area contributed by atoms with Gasteiger partial charge in [0.2, 0.25) is 0 Å². The number of thiazole rings is 1. The van der Waals surface area contributed by atoms with Crippen molar-refractivity contribution in [1.82, 2.24) is 24.9 Å². The SMILES string of the molecule is Cc1nc(-c2ccccc2NC(=O)N2C[C@@H](O)[C@H](n3ccnn3)C2)cs1. The zero-order valence-electron chi connectivity index (χ0n) is 14.1. The first-order valence-electron chi connectivity index (χ1n) is 8.23. The van der Waals surface area contributed by atoms with E-state index in [1.165, 1.54) is 0 Å². The predicted molar refractivity (Wildman–Crippen MR) is 97.9 cm³/mol. The van der Waals surface area contributed by atoms with Gasteiger partial charge < -0.3 is 15.3 Å². The number of carbonyl (C=O) groups excluding carboxylic acids is 1. The lowest BCUT2D eigenvalue weighted by atomic mass is 10.1. The normalized spacial score (nSPS) is 19.7. The lowest BCUT2D eigenvalue weighted by Crippen LogP contribution is -2.34. The van der Waals surface area contributed by atoms with Crippen LogP contribution in [-0.4, -0.2) is 55.2 Å². The third-order valence-electron chi connectivity index (χ3n) is 4.39. The first kappa shape index (κ1) is 16.7. The van der Waals surface area contributed by atoms with Gasteiger partial charge in [-0.15, -0.1) is 16.4 Å². The highest BCUT2D eigenvalue weighted by Gasteiger charge is 2.36. The van der Waals surface area contributed by atoms with E-state index in [0.29, 0.717) is 12.2 Å². The number of amides is 2. The molecule has 2 amide bonds. The highest BCUT2D eigenvalue weighted by atomic mass is 32.1. The number of aliphatic hydroxyl groups excluding tert-OH is 1. The minimum Gasteiger partial charge on any atom is -0.389 e. The predicted octanol–water partition coefficient (Wildman–Crippen LogP) is 2.16. The maximum atomic E-state index is 12.7. The van der Waals surface area contributed by atoms with Crippen molar-refractivity contribution in [2.24, 2.45) is 0 Å². The summed E-state index contributed by atoms with van der Waals surface area (Å²) in [5.74, 6) is 0. The van der Waals surface area contributed by atoms with Crippen LogP contribution < -0.4 is 5.32 Å². The molecule has 1 fully saturated rings. The van der Waals surface area contributed by atoms with E-state index in [-0.39, 0.29) is 18.6 Å². The van der Waals surface area contributed by atoms with Crippen LogP contribution in [0.1, 0.15) is 11.0 Å². The number of benzene rings is 1. The maximum Gasteiger partial charge on any atom is 0.322 e. The van der Waals surface area contributed by atoms with Gasteiger partial charge in [0.05, 0.1) is 41.3 Å². The Bertz CT molecular complexity index is 910. The van der Waals surface area contributed by atoms with Crippen LogP contribution in [0.4, 0.5) is 10.5 Å². The molecule has 3 aromatic rings. The Morgan fingerprint density at radius 2 is 2.19 bits per heavy atom. The summed E-state index contributed by atoms with van der Waals surface area (Å²) in [6.07, 6.45) is 2.57. The molecule has 1 aromatic carbocycles. The van der Waals surface area contributed by atoms with Gasteiger partial charge in [0.1, 0.15) is 0 Å². The van der Waals surface area contributed by atoms with Gasteiger partial charge in [-0.25, -0.2) is 14.5 Å². The van der Waals surface area contributed by atoms with Crippen molar-refractivity contribution in [3.63, 3.8) is 0 Å². The van der Waals surface area contributed by atoms with Gasteiger partial charge in [0, 0.05) is 23.7 Å². The first-order chi connectivity index (χ1) is 12.6. The molecule has 26 heavy (non-hydrogen) atoms. The fourth-order valence-electron chi connectivity index (χ4n) is 3.09. The Morgan fingerprint density at radius 1 is 1.35 bits per heavy atom. The molecule has 1 aliphatic heterocycles. The average Bonchev–Trinajstić information content (AvgIpc) is 3.36. The lowest BCUT2D eigenvalue weighted by Gasteiger charge is -2.18. The minimum atomic E-state index is -0.682. The number of para-hydroxylation sites is 1. The molecule has 0 bridgehead atoms. The molecule has 2 atom stereocenters. The van der Waals surface area contributed by atoms with Crippen LogP contribution in [0.5, 0.6) is 0 Å². The number of nitrogens with zero attached hydrogens (tertiary/aromatic N) is 5. The number of carbonyl (C=O) groups is 1. The van der Waals surface area contributed by atoms with Crippen molar-refractivity contribution < 1.29 is 9.90 Å². The van der Waals surface area contributed by atoms with Gasteiger partial charge in [-0.1, -0.05) is 23.4 Å². The summed E-state index contributed by atoms with van der Waals surface area (Å²) in [4.78, 5) is 18.8. The summed E-state index contributed by atoms with van der Waals surface area (Å²) in [5, 5.41) is 23.8. The van der Waals surface area contributed by atoms with E-state index in [1.54, 1.807) is 33.3 Å². The average molecular weight is 370 g/mol. The second-order valence-electron chi connectivity index (χ2n) is 6.15. The lowest BCUT2D eigenvalue weighted by molar-refractivity contribution is 0.139. The molecule has 0 saturated carbocycles. The summed E-state index contributed by atoms with van der Waals surface area (Å²) in [6.45, 7) is 2.56. The highest BCUT2D eigenvalue weighted by molar-refractivity contribution is 7.09. The second kappa shape index (κ2) is 6.85. The monoisotopic (exact) mass is 370 g/mol. The molecule has 2 aromatic heterocycles. The van der Waals surface area contributed by atoms with E-state index in [4.69, 9.17) is 0 Å². The Kier molecular flexibility index (Phi) is 4.39. The van der Waals surface area contributed by atoms with Gasteiger partial charge >= 0.3 is 6.03 Å². The number of anilines is 1. The quantitative estimate of drug-likeness (QED) is 0.736. The number of rotatable bonds is 3. The number of β-amino-alcohol motifs (C(OH)–C–C–N with tert-alkyl or cyclic N) is 1. The second-order valence-corrected chi connectivity index (χ2v) is 7.21. The van der Waals surface area contributed by atoms with Crippen LogP contribution in [0.2, 0.25) is 0 Å². The van der Waals surface area contributed by atoms with Crippen molar-refractivity contribution in [2.45, 2.75) is 19.1 Å². The zero-order chi connectivity index (χ0) is 18.1. The number of hydrogen-bond acceptors (Lipinski definition) is 6. The van der Waals surface area contributed by atoms with Crippen molar-refractivity contribution in [1.29, 1.82) is 0 Å². The van der Waals surface area contributed by atoms with E-state index in [0.717, 1.165) is 16.3 Å². The Morgan fingerprint density at radius 3 is 2.92 bits per heavy atom. The molecule has 0 aliphatic carbocycles. The number of aromatic nitrogens is 4. The Hall–Kier alpha value is -2.78. The number of urea groups is 1. The van der Waals surface area contributed by atoms with E-state index >= 15 is 0 Å². The molecular formula is C17H18N6O2S. The van der Waals surface area contributed by atoms with Gasteiger partial charge in [0.15, 0.2) is 0 Å². The summed E-state index contributed by atoms with van der Waals surface area (Å²) in [6, 6.07) is 7.02. The van der Waals surface area contributed by atoms with Gasteiger partial charge in [-0.2, -0.15) is 0 Å². The minimum absolute atomic E-state index is 0.244. The van der Waals surface area contributed by atoms with Gasteiger partial charge in [-0.05, 0) is 13.0 Å². The van der Waals surface area contributed by atoms with Crippen molar-refractivity contribution in [2.75, 3.05) is 18.4 Å². The smallest absolute Gasteiger partial charge is 0.322 e. The topological polar surface area (TPSA) is 96.2 Å². The summed E-state index contributed by atoms with van der Waals surface area (Å²) in [7, 11) is 0. The third kappa shape index (κ3) is 3.18. The van der Waals surface area contributed by atoms with Crippen molar-refractivity contribution >= 4 is 23.1 Å². The number of likely N-dealkylation sites (tertiary alicyclic amines) is 1. The number of aliphatic hydroxyl groups is 1. The number of nitrogens with one attached hydrogen (secondary N) is 1. The maximum absolute atomic E-state index is 12.7. The molecule has 0 unspecified atom stereocenters. The van der Waals surface area contributed by atoms with Crippen LogP contribution in [0.3, 0.4) is 0 Å². The number of hydrogen-bond donors (Lipinski definition) is 2. The Balaban J connectivity index is 1.51. The molecule has 0 spiro atoms. The van der Waals surface area contributed by atoms with E-state index < -0.39 is 6.10 Å². The summed E-state index contributed by atoms with van der Waals surface area (Å²) in [5.41, 5.74) is 2.41. The third-order valence-corrected chi connectivity index (χ3v) is 5.16. The van der Waals surface area contributed by atoms with Crippen LogP contribution in [-0.2, 0) is 0 Å². The fraction of sp³-hybridized carbons (Fsp3) is 0.294. The largest absolute Gasteiger partial charge is 0.389 e. The molecule has 1 saturated heterocycles. The molecule has 3 heterocycles.